The fourth-order valence-corrected chi connectivity index (χ4v) is 16.0. The Hall–Kier alpha value is -3.25. The van der Waals surface area contributed by atoms with Crippen LogP contribution in [0.4, 0.5) is 0 Å². The van der Waals surface area contributed by atoms with Gasteiger partial charge in [-0.1, -0.05) is 60.7 Å². The molecule has 3 atom stereocenters. The van der Waals surface area contributed by atoms with Gasteiger partial charge in [0.2, 0.25) is 5.88 Å². The lowest BCUT2D eigenvalue weighted by atomic mass is 10.0. The number of aromatic nitrogens is 2. The first-order valence-electron chi connectivity index (χ1n) is 15.3. The number of hydrogen-bond acceptors (Lipinski definition) is 10. The smallest absolute Gasteiger partial charge is 0.460 e. The molecule has 1 aliphatic heterocycles. The van der Waals surface area contributed by atoms with Crippen LogP contribution in [0.15, 0.2) is 77.7 Å². The molecule has 0 bridgehead atoms. The van der Waals surface area contributed by atoms with E-state index in [1.807, 2.05) is 36.4 Å². The van der Waals surface area contributed by atoms with Crippen molar-refractivity contribution in [2.75, 3.05) is 6.61 Å². The second-order valence-corrected chi connectivity index (χ2v) is 25.3. The van der Waals surface area contributed by atoms with Crippen molar-refractivity contribution >= 4 is 37.4 Å². The van der Waals surface area contributed by atoms with Gasteiger partial charge in [-0.05, 0) is 50.4 Å². The zero-order valence-electron chi connectivity index (χ0n) is 27.7. The first-order chi connectivity index (χ1) is 21.6. The van der Waals surface area contributed by atoms with E-state index in [-0.39, 0.29) is 24.4 Å². The van der Waals surface area contributed by atoms with Gasteiger partial charge in [-0.3, -0.25) is 14.2 Å². The van der Waals surface area contributed by atoms with Crippen molar-refractivity contribution in [2.24, 2.45) is 0 Å². The lowest BCUT2D eigenvalue weighted by Crippen LogP contribution is -2.61. The number of esters is 2. The van der Waals surface area contributed by atoms with Crippen molar-refractivity contribution in [2.45, 2.75) is 83.5 Å². The Morgan fingerprint density at radius 3 is 1.87 bits per heavy atom. The third kappa shape index (κ3) is 9.63. The summed E-state index contributed by atoms with van der Waals surface area (Å²) in [5.74, 6) is -1.19. The minimum Gasteiger partial charge on any atom is -0.460 e. The molecule has 0 unspecified atom stereocenters. The molecule has 2 heterocycles. The Morgan fingerprint density at radius 2 is 1.41 bits per heavy atom. The third-order valence-corrected chi connectivity index (χ3v) is 15.9. The van der Waals surface area contributed by atoms with Crippen molar-refractivity contribution in [3.8, 4) is 5.88 Å². The minimum absolute atomic E-state index is 0.0144. The molecule has 0 aliphatic carbocycles. The number of carbonyl (C=O) groups is 2. The highest BCUT2D eigenvalue weighted by atomic mass is 28.5. The lowest BCUT2D eigenvalue weighted by Gasteiger charge is -2.44. The van der Waals surface area contributed by atoms with Crippen LogP contribution in [0, 0.1) is 0 Å². The Bertz CT molecular complexity index is 1490. The minimum atomic E-state index is -3.68. The predicted octanol–water partition coefficient (Wildman–Crippen LogP) is 5.42. The first kappa shape index (κ1) is 35.6. The van der Waals surface area contributed by atoms with Crippen LogP contribution < -0.4 is 10.4 Å². The van der Waals surface area contributed by atoms with E-state index in [9.17, 15) is 14.4 Å². The molecule has 0 saturated carbocycles. The van der Waals surface area contributed by atoms with Gasteiger partial charge in [0.05, 0.1) is 12.1 Å². The Labute approximate surface area is 273 Å². The van der Waals surface area contributed by atoms with E-state index in [1.54, 1.807) is 0 Å². The van der Waals surface area contributed by atoms with E-state index in [0.717, 1.165) is 11.1 Å². The van der Waals surface area contributed by atoms with Crippen LogP contribution in [0.2, 0.25) is 39.3 Å². The molecule has 248 valence electrons. The largest absolute Gasteiger partial charge is 0.492 e. The number of nitrogens with zero attached hydrogens (tertiary/aromatic N) is 2. The molecule has 0 spiro atoms. The second-order valence-electron chi connectivity index (χ2n) is 13.2. The summed E-state index contributed by atoms with van der Waals surface area (Å²) in [4.78, 5) is 40.3. The summed E-state index contributed by atoms with van der Waals surface area (Å²) < 4.78 is 39.5. The van der Waals surface area contributed by atoms with Gasteiger partial charge in [0.1, 0.15) is 18.4 Å². The van der Waals surface area contributed by atoms with Gasteiger partial charge in [0.15, 0.2) is 16.6 Å². The monoisotopic (exact) mass is 684 g/mol. The molecule has 1 saturated heterocycles. The number of benzene rings is 2. The quantitative estimate of drug-likeness (QED) is 0.170. The fourth-order valence-electron chi connectivity index (χ4n) is 5.40. The van der Waals surface area contributed by atoms with Crippen LogP contribution in [0.1, 0.15) is 43.2 Å². The van der Waals surface area contributed by atoms with E-state index >= 15 is 0 Å². The van der Waals surface area contributed by atoms with E-state index < -0.39 is 61.5 Å². The molecule has 1 aliphatic rings. The zero-order valence-corrected chi connectivity index (χ0v) is 30.7. The first-order valence-corrected chi connectivity index (χ1v) is 23.9. The predicted molar refractivity (Wildman–Crippen MR) is 179 cm³/mol. The van der Waals surface area contributed by atoms with Gasteiger partial charge < -0.3 is 26.9 Å². The van der Waals surface area contributed by atoms with E-state index in [4.69, 9.17) is 26.9 Å². The highest BCUT2D eigenvalue weighted by Crippen LogP contribution is 2.41. The van der Waals surface area contributed by atoms with Gasteiger partial charge in [-0.15, -0.1) is 0 Å². The molecular formula is C32H44N2O9Si3. The van der Waals surface area contributed by atoms with Crippen LogP contribution in [-0.4, -0.2) is 65.7 Å². The summed E-state index contributed by atoms with van der Waals surface area (Å²) in [7, 11) is -8.30. The molecule has 4 rings (SSSR count). The van der Waals surface area contributed by atoms with Crippen LogP contribution in [-0.2, 0) is 31.7 Å². The summed E-state index contributed by atoms with van der Waals surface area (Å²) in [6, 6.07) is 21.6. The number of carbonyl (C=O) groups excluding carboxylic acids is 2. The van der Waals surface area contributed by atoms with E-state index in [0.29, 0.717) is 0 Å². The summed E-state index contributed by atoms with van der Waals surface area (Å²) in [5.41, 5.74) is 0.986. The molecule has 14 heteroatoms. The van der Waals surface area contributed by atoms with Crippen LogP contribution in [0.25, 0.3) is 0 Å². The third-order valence-electron chi connectivity index (χ3n) is 6.83. The van der Waals surface area contributed by atoms with E-state index in [1.165, 1.54) is 30.7 Å². The number of hydrogen-bond donors (Lipinski definition) is 0. The lowest BCUT2D eigenvalue weighted by molar-refractivity contribution is -0.150. The summed E-state index contributed by atoms with van der Waals surface area (Å²) in [5, 5.41) is 0. The average Bonchev–Trinajstić information content (AvgIpc) is 3.32. The van der Waals surface area contributed by atoms with Crippen molar-refractivity contribution in [1.82, 2.24) is 9.55 Å². The number of rotatable bonds is 13. The Kier molecular flexibility index (Phi) is 11.4. The Morgan fingerprint density at radius 1 is 0.870 bits per heavy atom. The molecule has 11 nitrogen and oxygen atoms in total. The van der Waals surface area contributed by atoms with E-state index in [2.05, 4.69) is 68.5 Å². The molecule has 2 aromatic carbocycles. The molecule has 3 aromatic rings. The van der Waals surface area contributed by atoms with Gasteiger partial charge >= 0.3 is 26.4 Å². The van der Waals surface area contributed by atoms with Gasteiger partial charge in [-0.2, -0.15) is 4.98 Å². The van der Waals surface area contributed by atoms with Gasteiger partial charge in [-0.25, -0.2) is 4.79 Å². The molecule has 0 radical (unpaired) electrons. The zero-order chi connectivity index (χ0) is 33.7. The van der Waals surface area contributed by atoms with Crippen molar-refractivity contribution in [3.63, 3.8) is 0 Å². The van der Waals surface area contributed by atoms with Gasteiger partial charge in [0, 0.05) is 32.5 Å². The SMILES string of the molecule is CC(=O)Oc1ccn([C@H]2C[C@@H](OC(C)=O)[C@@H](CO[Si](O[Si](C)(C)C)(O[Si](C)(C)C)C(c3ccccc3)c3ccccc3)O2)c(=O)n1. The standard InChI is InChI=1S/C32H44N2O9Si3/c1-23(35)39-27-21-30(34-20-19-29(33-32(34)37)40-24(2)36)41-28(27)22-38-46(42-44(3,4)5,43-45(6,7)8)31(25-15-11-9-12-16-25)26-17-13-10-14-18-26/h9-20,27-28,30-31H,21-22H2,1-8H3/t27-,28-,30-/m1/s1. The average molecular weight is 685 g/mol. The summed E-state index contributed by atoms with van der Waals surface area (Å²) in [6.45, 7) is 15.2. The number of ether oxygens (including phenoxy) is 3. The van der Waals surface area contributed by atoms with Crippen LogP contribution in [0.5, 0.6) is 5.88 Å². The Balaban J connectivity index is 1.75. The van der Waals surface area contributed by atoms with Crippen LogP contribution >= 0.6 is 0 Å². The topological polar surface area (TPSA) is 124 Å². The molecule has 46 heavy (non-hydrogen) atoms. The van der Waals surface area contributed by atoms with Crippen molar-refractivity contribution in [3.05, 3.63) is 94.5 Å². The van der Waals surface area contributed by atoms with Gasteiger partial charge in [0.25, 0.3) is 0 Å². The highest BCUT2D eigenvalue weighted by Gasteiger charge is 2.56. The maximum Gasteiger partial charge on any atom is 0.492 e. The second kappa shape index (κ2) is 14.7. The molecule has 0 amide bonds. The fraction of sp³-hybridized carbons (Fsp3) is 0.438. The normalized spacial score (nSPS) is 18.8. The van der Waals surface area contributed by atoms with Crippen molar-refractivity contribution in [1.29, 1.82) is 0 Å². The van der Waals surface area contributed by atoms with Crippen LogP contribution in [0.3, 0.4) is 0 Å². The summed E-state index contributed by atoms with van der Waals surface area (Å²) >= 11 is 0. The molecule has 1 aromatic heterocycles. The maximum absolute atomic E-state index is 12.9. The molecular weight excluding hydrogens is 641 g/mol. The van der Waals surface area contributed by atoms with Crippen molar-refractivity contribution < 1.29 is 36.5 Å². The molecule has 1 fully saturated rings. The highest BCUT2D eigenvalue weighted by molar-refractivity contribution is 6.86. The molecule has 0 N–H and O–H groups in total. The summed E-state index contributed by atoms with van der Waals surface area (Å²) in [6.07, 6.45) is -0.658. The maximum atomic E-state index is 12.9.